The minimum Gasteiger partial charge on any atom is -0.506 e. The van der Waals surface area contributed by atoms with Crippen LogP contribution in [0.3, 0.4) is 0 Å². The van der Waals surface area contributed by atoms with Crippen molar-refractivity contribution in [2.24, 2.45) is 0 Å². The summed E-state index contributed by atoms with van der Waals surface area (Å²) in [6.07, 6.45) is 0. The summed E-state index contributed by atoms with van der Waals surface area (Å²) in [5.41, 5.74) is 0.298. The maximum Gasteiger partial charge on any atom is 0.335 e. The zero-order valence-electron chi connectivity index (χ0n) is 11.4. The first-order valence-electron chi connectivity index (χ1n) is 6.06. The van der Waals surface area contributed by atoms with Gasteiger partial charge in [0.05, 0.1) is 16.3 Å². The van der Waals surface area contributed by atoms with Gasteiger partial charge in [-0.05, 0) is 36.8 Å². The summed E-state index contributed by atoms with van der Waals surface area (Å²) in [6, 6.07) is 7.85. The largest absolute Gasteiger partial charge is 0.506 e. The summed E-state index contributed by atoms with van der Waals surface area (Å²) in [5.74, 6) is -1.72. The number of carboxylic acid groups (broad SMARTS) is 1. The van der Waals surface area contributed by atoms with Crippen molar-refractivity contribution < 1.29 is 23.4 Å². The van der Waals surface area contributed by atoms with E-state index in [2.05, 4.69) is 4.72 Å². The Hall–Kier alpha value is -2.25. The molecule has 116 valence electrons. The standard InChI is InChI=1S/C14H12ClNO5S/c1-8-3-2-4-12(13(8)15)22(20,21)16-10-6-5-9(14(18)19)7-11(10)17/h2-7,16-17H,1H3,(H,18,19). The lowest BCUT2D eigenvalue weighted by Gasteiger charge is -2.12. The molecule has 0 saturated heterocycles. The van der Waals surface area contributed by atoms with Gasteiger partial charge in [-0.25, -0.2) is 13.2 Å². The predicted molar refractivity (Wildman–Crippen MR) is 82.1 cm³/mol. The molecule has 0 aromatic heterocycles. The molecule has 0 radical (unpaired) electrons. The van der Waals surface area contributed by atoms with Crippen molar-refractivity contribution in [3.05, 3.63) is 52.5 Å². The Labute approximate surface area is 132 Å². The molecule has 0 bridgehead atoms. The molecule has 22 heavy (non-hydrogen) atoms. The van der Waals surface area contributed by atoms with E-state index in [-0.39, 0.29) is 21.2 Å². The van der Waals surface area contributed by atoms with Gasteiger partial charge in [-0.1, -0.05) is 23.7 Å². The quantitative estimate of drug-likeness (QED) is 0.742. The molecular formula is C14H12ClNO5S. The lowest BCUT2D eigenvalue weighted by molar-refractivity contribution is 0.0696. The van der Waals surface area contributed by atoms with E-state index in [0.717, 1.165) is 6.07 Å². The van der Waals surface area contributed by atoms with Crippen LogP contribution in [0, 0.1) is 6.92 Å². The molecule has 0 aliphatic heterocycles. The van der Waals surface area contributed by atoms with Gasteiger partial charge in [0.15, 0.2) is 0 Å². The smallest absolute Gasteiger partial charge is 0.335 e. The van der Waals surface area contributed by atoms with Crippen molar-refractivity contribution >= 4 is 33.3 Å². The summed E-state index contributed by atoms with van der Waals surface area (Å²) in [5, 5.41) is 18.6. The molecule has 0 fully saturated rings. The van der Waals surface area contributed by atoms with Crippen molar-refractivity contribution in [3.63, 3.8) is 0 Å². The highest BCUT2D eigenvalue weighted by Gasteiger charge is 2.20. The summed E-state index contributed by atoms with van der Waals surface area (Å²) in [4.78, 5) is 10.7. The lowest BCUT2D eigenvalue weighted by atomic mass is 10.2. The predicted octanol–water partition coefficient (Wildman–Crippen LogP) is 2.85. The fraction of sp³-hybridized carbons (Fsp3) is 0.0714. The van der Waals surface area contributed by atoms with Gasteiger partial charge in [-0.3, -0.25) is 4.72 Å². The second kappa shape index (κ2) is 5.86. The minimum absolute atomic E-state index is 0.0802. The van der Waals surface area contributed by atoms with E-state index in [1.807, 2.05) is 0 Å². The lowest BCUT2D eigenvalue weighted by Crippen LogP contribution is -2.14. The monoisotopic (exact) mass is 341 g/mol. The maximum absolute atomic E-state index is 12.3. The van der Waals surface area contributed by atoms with Gasteiger partial charge in [0.1, 0.15) is 10.6 Å². The zero-order chi connectivity index (χ0) is 16.5. The number of nitrogens with one attached hydrogen (secondary N) is 1. The summed E-state index contributed by atoms with van der Waals surface area (Å²) in [6.45, 7) is 1.67. The fourth-order valence-electron chi connectivity index (χ4n) is 1.78. The molecule has 0 amide bonds. The van der Waals surface area contributed by atoms with E-state index in [4.69, 9.17) is 16.7 Å². The van der Waals surface area contributed by atoms with Crippen LogP contribution in [0.1, 0.15) is 15.9 Å². The topological polar surface area (TPSA) is 104 Å². The van der Waals surface area contributed by atoms with Crippen LogP contribution < -0.4 is 4.72 Å². The third-order valence-electron chi connectivity index (χ3n) is 2.93. The third-order valence-corrected chi connectivity index (χ3v) is 4.96. The number of halogens is 1. The van der Waals surface area contributed by atoms with Gasteiger partial charge in [0.25, 0.3) is 10.0 Å². The molecule has 0 atom stereocenters. The first-order chi connectivity index (χ1) is 10.2. The average Bonchev–Trinajstić information content (AvgIpc) is 2.43. The summed E-state index contributed by atoms with van der Waals surface area (Å²) < 4.78 is 26.8. The van der Waals surface area contributed by atoms with E-state index < -0.39 is 21.7 Å². The first-order valence-corrected chi connectivity index (χ1v) is 7.93. The van der Waals surface area contributed by atoms with Crippen molar-refractivity contribution in [2.45, 2.75) is 11.8 Å². The molecule has 8 heteroatoms. The number of aromatic hydroxyl groups is 1. The number of anilines is 1. The number of phenolic OH excluding ortho intramolecular Hbond substituents is 1. The number of phenols is 1. The van der Waals surface area contributed by atoms with Gasteiger partial charge in [-0.2, -0.15) is 0 Å². The number of aromatic carboxylic acids is 1. The van der Waals surface area contributed by atoms with Crippen molar-refractivity contribution in [1.82, 2.24) is 0 Å². The zero-order valence-corrected chi connectivity index (χ0v) is 12.9. The number of rotatable bonds is 4. The molecule has 0 spiro atoms. The number of aryl methyl sites for hydroxylation is 1. The van der Waals surface area contributed by atoms with Gasteiger partial charge >= 0.3 is 5.97 Å². The number of carboxylic acids is 1. The number of benzene rings is 2. The average molecular weight is 342 g/mol. The van der Waals surface area contributed by atoms with Crippen molar-refractivity contribution in [3.8, 4) is 5.75 Å². The Morgan fingerprint density at radius 3 is 2.50 bits per heavy atom. The van der Waals surface area contributed by atoms with E-state index in [0.29, 0.717) is 5.56 Å². The highest BCUT2D eigenvalue weighted by molar-refractivity contribution is 7.92. The Balaban J connectivity index is 2.41. The Bertz CT molecular complexity index is 848. The number of hydrogen-bond acceptors (Lipinski definition) is 4. The van der Waals surface area contributed by atoms with E-state index in [1.165, 1.54) is 18.2 Å². The van der Waals surface area contributed by atoms with Gasteiger partial charge in [-0.15, -0.1) is 0 Å². The van der Waals surface area contributed by atoms with Crippen LogP contribution in [0.25, 0.3) is 0 Å². The summed E-state index contributed by atoms with van der Waals surface area (Å²) in [7, 11) is -4.01. The van der Waals surface area contributed by atoms with E-state index in [9.17, 15) is 18.3 Å². The van der Waals surface area contributed by atoms with Gasteiger partial charge in [0.2, 0.25) is 0 Å². The van der Waals surface area contributed by atoms with Crippen LogP contribution in [-0.2, 0) is 10.0 Å². The molecule has 0 aliphatic rings. The van der Waals surface area contributed by atoms with E-state index >= 15 is 0 Å². The summed E-state index contributed by atoms with van der Waals surface area (Å²) >= 11 is 5.99. The third kappa shape index (κ3) is 3.15. The van der Waals surface area contributed by atoms with Crippen LogP contribution in [0.15, 0.2) is 41.3 Å². The van der Waals surface area contributed by atoms with Gasteiger partial charge in [0, 0.05) is 0 Å². The molecule has 6 nitrogen and oxygen atoms in total. The fourth-order valence-corrected chi connectivity index (χ4v) is 3.44. The second-order valence-electron chi connectivity index (χ2n) is 4.53. The normalized spacial score (nSPS) is 11.2. The Kier molecular flexibility index (Phi) is 4.30. The molecule has 0 aliphatic carbocycles. The van der Waals surface area contributed by atoms with Crippen molar-refractivity contribution in [1.29, 1.82) is 0 Å². The Morgan fingerprint density at radius 1 is 1.23 bits per heavy atom. The van der Waals surface area contributed by atoms with Crippen LogP contribution in [0.4, 0.5) is 5.69 Å². The molecule has 3 N–H and O–H groups in total. The SMILES string of the molecule is Cc1cccc(S(=O)(=O)Nc2ccc(C(=O)O)cc2O)c1Cl. The van der Waals surface area contributed by atoms with E-state index in [1.54, 1.807) is 19.1 Å². The molecule has 2 aromatic carbocycles. The Morgan fingerprint density at radius 2 is 1.91 bits per heavy atom. The second-order valence-corrected chi connectivity index (χ2v) is 6.56. The number of sulfonamides is 1. The number of carbonyl (C=O) groups is 1. The van der Waals surface area contributed by atoms with Crippen LogP contribution in [-0.4, -0.2) is 24.6 Å². The molecular weight excluding hydrogens is 330 g/mol. The molecule has 2 rings (SSSR count). The maximum atomic E-state index is 12.3. The highest BCUT2D eigenvalue weighted by Crippen LogP contribution is 2.30. The number of hydrogen-bond donors (Lipinski definition) is 3. The molecule has 2 aromatic rings. The van der Waals surface area contributed by atoms with Gasteiger partial charge < -0.3 is 10.2 Å². The van der Waals surface area contributed by atoms with Crippen LogP contribution in [0.5, 0.6) is 5.75 Å². The highest BCUT2D eigenvalue weighted by atomic mass is 35.5. The first kappa shape index (κ1) is 16.1. The minimum atomic E-state index is -4.01. The van der Waals surface area contributed by atoms with Crippen LogP contribution in [0.2, 0.25) is 5.02 Å². The van der Waals surface area contributed by atoms with Crippen molar-refractivity contribution in [2.75, 3.05) is 4.72 Å². The molecule has 0 unspecified atom stereocenters. The molecule has 0 saturated carbocycles. The van der Waals surface area contributed by atoms with Crippen LogP contribution >= 0.6 is 11.6 Å². The molecule has 0 heterocycles.